The van der Waals surface area contributed by atoms with Crippen LogP contribution >= 0.6 is 0 Å². The zero-order chi connectivity index (χ0) is 12.8. The van der Waals surface area contributed by atoms with Crippen LogP contribution in [0.5, 0.6) is 0 Å². The second-order valence-corrected chi connectivity index (χ2v) is 4.35. The van der Waals surface area contributed by atoms with Crippen molar-refractivity contribution < 1.29 is 10.0 Å². The van der Waals surface area contributed by atoms with Gasteiger partial charge in [0.25, 0.3) is 0 Å². The van der Waals surface area contributed by atoms with Crippen molar-refractivity contribution >= 4 is 11.7 Å². The van der Waals surface area contributed by atoms with E-state index in [2.05, 4.69) is 12.1 Å². The third kappa shape index (κ3) is 3.40. The molecular formula is C11H23N3O2. The van der Waals surface area contributed by atoms with Crippen LogP contribution in [0.25, 0.3) is 0 Å². The molecule has 0 aliphatic heterocycles. The van der Waals surface area contributed by atoms with Crippen molar-refractivity contribution in [2.45, 2.75) is 40.5 Å². The standard InChI is InChI=1S/C11H23N3O2/c1-5-7-8-14(6-2)10(15)11(3,4)9(12)13-16/h16H,5-8H2,1-4H3,(H2,12,13). The number of hydrogen-bond donors (Lipinski definition) is 2. The highest BCUT2D eigenvalue weighted by molar-refractivity contribution is 6.05. The molecule has 0 saturated heterocycles. The summed E-state index contributed by atoms with van der Waals surface area (Å²) in [5.41, 5.74) is 4.58. The van der Waals surface area contributed by atoms with E-state index in [4.69, 9.17) is 10.9 Å². The third-order valence-electron chi connectivity index (χ3n) is 2.73. The molecule has 5 nitrogen and oxygen atoms in total. The summed E-state index contributed by atoms with van der Waals surface area (Å²) >= 11 is 0. The minimum atomic E-state index is -0.946. The van der Waals surface area contributed by atoms with Crippen molar-refractivity contribution in [2.24, 2.45) is 16.3 Å². The predicted octanol–water partition coefficient (Wildman–Crippen LogP) is 1.41. The van der Waals surface area contributed by atoms with Gasteiger partial charge in [-0.25, -0.2) is 0 Å². The molecule has 0 aromatic heterocycles. The summed E-state index contributed by atoms with van der Waals surface area (Å²) in [5, 5.41) is 11.6. The normalized spacial score (nSPS) is 12.6. The molecule has 0 radical (unpaired) electrons. The van der Waals surface area contributed by atoms with Gasteiger partial charge in [-0.15, -0.1) is 0 Å². The molecule has 0 fully saturated rings. The molecule has 5 heteroatoms. The Hall–Kier alpha value is -1.26. The number of hydrogen-bond acceptors (Lipinski definition) is 3. The fraction of sp³-hybridized carbons (Fsp3) is 0.818. The van der Waals surface area contributed by atoms with E-state index in [1.807, 2.05) is 6.92 Å². The lowest BCUT2D eigenvalue weighted by Crippen LogP contribution is -2.48. The largest absolute Gasteiger partial charge is 0.409 e. The van der Waals surface area contributed by atoms with Crippen molar-refractivity contribution in [3.05, 3.63) is 0 Å². The number of rotatable bonds is 6. The second-order valence-electron chi connectivity index (χ2n) is 4.35. The molecule has 0 spiro atoms. The summed E-state index contributed by atoms with van der Waals surface area (Å²) < 4.78 is 0. The summed E-state index contributed by atoms with van der Waals surface area (Å²) in [6.07, 6.45) is 2.00. The Bertz CT molecular complexity index is 262. The number of amidine groups is 1. The van der Waals surface area contributed by atoms with Crippen molar-refractivity contribution in [2.75, 3.05) is 13.1 Å². The van der Waals surface area contributed by atoms with Gasteiger partial charge in [-0.05, 0) is 27.2 Å². The summed E-state index contributed by atoms with van der Waals surface area (Å²) in [4.78, 5) is 13.9. The van der Waals surface area contributed by atoms with Gasteiger partial charge in [0.15, 0.2) is 5.84 Å². The summed E-state index contributed by atoms with van der Waals surface area (Å²) in [7, 11) is 0. The minimum absolute atomic E-state index is 0.0487. The number of carbonyl (C=O) groups is 1. The van der Waals surface area contributed by atoms with Crippen molar-refractivity contribution in [3.63, 3.8) is 0 Å². The zero-order valence-corrected chi connectivity index (χ0v) is 10.7. The molecule has 0 aromatic carbocycles. The fourth-order valence-corrected chi connectivity index (χ4v) is 1.38. The Morgan fingerprint density at radius 3 is 2.38 bits per heavy atom. The third-order valence-corrected chi connectivity index (χ3v) is 2.73. The van der Waals surface area contributed by atoms with Crippen LogP contribution in [0, 0.1) is 5.41 Å². The Labute approximate surface area is 97.3 Å². The second kappa shape index (κ2) is 6.35. The van der Waals surface area contributed by atoms with Crippen LogP contribution < -0.4 is 5.73 Å². The van der Waals surface area contributed by atoms with E-state index in [1.165, 1.54) is 0 Å². The highest BCUT2D eigenvalue weighted by atomic mass is 16.4. The van der Waals surface area contributed by atoms with Gasteiger partial charge in [0.05, 0.1) is 0 Å². The van der Waals surface area contributed by atoms with Crippen LogP contribution in [0.15, 0.2) is 5.16 Å². The molecule has 0 saturated carbocycles. The van der Waals surface area contributed by atoms with Crippen LogP contribution in [-0.2, 0) is 4.79 Å². The number of carbonyl (C=O) groups excluding carboxylic acids is 1. The summed E-state index contributed by atoms with van der Waals surface area (Å²) in [5.74, 6) is -0.147. The first kappa shape index (κ1) is 14.7. The van der Waals surface area contributed by atoms with E-state index in [0.717, 1.165) is 12.8 Å². The maximum atomic E-state index is 12.2. The van der Waals surface area contributed by atoms with Crippen LogP contribution in [0.2, 0.25) is 0 Å². The molecule has 16 heavy (non-hydrogen) atoms. The van der Waals surface area contributed by atoms with Gasteiger partial charge in [0.2, 0.25) is 5.91 Å². The predicted molar refractivity (Wildman–Crippen MR) is 64.4 cm³/mol. The van der Waals surface area contributed by atoms with Gasteiger partial charge in [0.1, 0.15) is 5.41 Å². The van der Waals surface area contributed by atoms with E-state index in [9.17, 15) is 4.79 Å². The maximum absolute atomic E-state index is 12.2. The molecule has 1 amide bonds. The first-order valence-corrected chi connectivity index (χ1v) is 5.69. The molecule has 0 aromatic rings. The topological polar surface area (TPSA) is 78.9 Å². The van der Waals surface area contributed by atoms with Crippen LogP contribution in [0.4, 0.5) is 0 Å². The Balaban J connectivity index is 4.73. The van der Waals surface area contributed by atoms with E-state index in [0.29, 0.717) is 13.1 Å². The van der Waals surface area contributed by atoms with Gasteiger partial charge in [0, 0.05) is 13.1 Å². The first-order chi connectivity index (χ1) is 7.41. The van der Waals surface area contributed by atoms with E-state index < -0.39 is 5.41 Å². The molecule has 94 valence electrons. The van der Waals surface area contributed by atoms with Gasteiger partial charge in [-0.2, -0.15) is 0 Å². The van der Waals surface area contributed by atoms with Gasteiger partial charge in [-0.3, -0.25) is 4.79 Å². The highest BCUT2D eigenvalue weighted by Gasteiger charge is 2.35. The van der Waals surface area contributed by atoms with Gasteiger partial charge in [-0.1, -0.05) is 18.5 Å². The van der Waals surface area contributed by atoms with Crippen molar-refractivity contribution in [1.29, 1.82) is 0 Å². The minimum Gasteiger partial charge on any atom is -0.409 e. The summed E-state index contributed by atoms with van der Waals surface area (Å²) in [6, 6.07) is 0. The van der Waals surface area contributed by atoms with Crippen LogP contribution in [0.1, 0.15) is 40.5 Å². The Morgan fingerprint density at radius 1 is 1.44 bits per heavy atom. The molecule has 3 N–H and O–H groups in total. The molecule has 0 aliphatic carbocycles. The fourth-order valence-electron chi connectivity index (χ4n) is 1.38. The van der Waals surface area contributed by atoms with Crippen LogP contribution in [-0.4, -0.2) is 34.9 Å². The van der Waals surface area contributed by atoms with E-state index in [1.54, 1.807) is 18.7 Å². The van der Waals surface area contributed by atoms with E-state index >= 15 is 0 Å². The van der Waals surface area contributed by atoms with E-state index in [-0.39, 0.29) is 11.7 Å². The lowest BCUT2D eigenvalue weighted by Gasteiger charge is -2.30. The molecule has 0 aliphatic rings. The lowest BCUT2D eigenvalue weighted by molar-refractivity contribution is -0.137. The molecule has 0 heterocycles. The lowest BCUT2D eigenvalue weighted by atomic mass is 9.90. The SMILES string of the molecule is CCCCN(CC)C(=O)C(C)(C)C(N)=NO. The highest BCUT2D eigenvalue weighted by Crippen LogP contribution is 2.19. The smallest absolute Gasteiger partial charge is 0.235 e. The van der Waals surface area contributed by atoms with Crippen molar-refractivity contribution in [3.8, 4) is 0 Å². The number of unbranched alkanes of at least 4 members (excludes halogenated alkanes) is 1. The molecule has 0 atom stereocenters. The Kier molecular flexibility index (Phi) is 5.85. The average molecular weight is 229 g/mol. The number of nitrogens with two attached hydrogens (primary N) is 1. The number of amides is 1. The average Bonchev–Trinajstić information content (AvgIpc) is 2.28. The van der Waals surface area contributed by atoms with Gasteiger partial charge < -0.3 is 15.8 Å². The van der Waals surface area contributed by atoms with Crippen molar-refractivity contribution in [1.82, 2.24) is 4.90 Å². The van der Waals surface area contributed by atoms with Gasteiger partial charge >= 0.3 is 0 Å². The molecular weight excluding hydrogens is 206 g/mol. The quantitative estimate of drug-likeness (QED) is 0.313. The summed E-state index contributed by atoms with van der Waals surface area (Å²) in [6.45, 7) is 8.69. The molecule has 0 unspecified atom stereocenters. The number of nitrogens with zero attached hydrogens (tertiary/aromatic N) is 2. The monoisotopic (exact) mass is 229 g/mol. The Morgan fingerprint density at radius 2 is 2.00 bits per heavy atom. The molecule has 0 bridgehead atoms. The first-order valence-electron chi connectivity index (χ1n) is 5.69. The number of oxime groups is 1. The van der Waals surface area contributed by atoms with Crippen LogP contribution in [0.3, 0.4) is 0 Å². The molecule has 0 rings (SSSR count). The maximum Gasteiger partial charge on any atom is 0.235 e. The zero-order valence-electron chi connectivity index (χ0n) is 10.7.